The average molecular weight is 386 g/mol. The number of hydrogen-bond acceptors (Lipinski definition) is 8. The molecule has 0 aliphatic carbocycles. The van der Waals surface area contributed by atoms with Crippen LogP contribution in [0.15, 0.2) is 35.1 Å². The Bertz CT molecular complexity index is 893. The van der Waals surface area contributed by atoms with Crippen molar-refractivity contribution in [3.8, 4) is 23.1 Å². The van der Waals surface area contributed by atoms with Crippen LogP contribution in [-0.2, 0) is 4.79 Å². The molecule has 0 unspecified atom stereocenters. The van der Waals surface area contributed by atoms with Crippen molar-refractivity contribution < 1.29 is 18.8 Å². The van der Waals surface area contributed by atoms with Gasteiger partial charge in [0.2, 0.25) is 11.7 Å². The van der Waals surface area contributed by atoms with E-state index in [1.165, 1.54) is 6.33 Å². The fourth-order valence-corrected chi connectivity index (χ4v) is 2.60. The van der Waals surface area contributed by atoms with Crippen LogP contribution in [0.2, 0.25) is 0 Å². The molecule has 1 amide bonds. The van der Waals surface area contributed by atoms with E-state index in [4.69, 9.17) is 14.0 Å². The van der Waals surface area contributed by atoms with Crippen molar-refractivity contribution in [2.45, 2.75) is 26.3 Å². The molecule has 0 aliphatic heterocycles. The van der Waals surface area contributed by atoms with Crippen molar-refractivity contribution >= 4 is 5.91 Å². The third-order valence-electron chi connectivity index (χ3n) is 3.84. The predicted octanol–water partition coefficient (Wildman–Crippen LogP) is 2.15. The fraction of sp³-hybridized carbons (Fsp3) is 0.389. The lowest BCUT2D eigenvalue weighted by molar-refractivity contribution is -0.124. The maximum atomic E-state index is 12.4. The molecule has 2 aromatic heterocycles. The Balaban J connectivity index is 1.66. The van der Waals surface area contributed by atoms with E-state index < -0.39 is 6.04 Å². The molecule has 0 saturated heterocycles. The summed E-state index contributed by atoms with van der Waals surface area (Å²) < 4.78 is 16.1. The van der Waals surface area contributed by atoms with E-state index in [-0.39, 0.29) is 18.3 Å². The van der Waals surface area contributed by atoms with Gasteiger partial charge in [-0.05, 0) is 24.5 Å². The smallest absolute Gasteiger partial charge is 0.258 e. The van der Waals surface area contributed by atoms with Gasteiger partial charge in [0.15, 0.2) is 23.9 Å². The molecule has 148 valence electrons. The van der Waals surface area contributed by atoms with Crippen molar-refractivity contribution in [3.63, 3.8) is 0 Å². The number of para-hydroxylation sites is 2. The van der Waals surface area contributed by atoms with Crippen LogP contribution in [0.25, 0.3) is 11.6 Å². The summed E-state index contributed by atoms with van der Waals surface area (Å²) in [5, 5.41) is 13.2. The van der Waals surface area contributed by atoms with Gasteiger partial charge in [-0.2, -0.15) is 10.1 Å². The third-order valence-corrected chi connectivity index (χ3v) is 3.84. The van der Waals surface area contributed by atoms with Crippen molar-refractivity contribution in [1.29, 1.82) is 0 Å². The molecular formula is C18H22N6O4. The van der Waals surface area contributed by atoms with Crippen LogP contribution >= 0.6 is 0 Å². The zero-order valence-electron chi connectivity index (χ0n) is 15.9. The van der Waals surface area contributed by atoms with E-state index in [1.54, 1.807) is 25.3 Å². The molecule has 2 N–H and O–H groups in total. The second-order valence-electron chi connectivity index (χ2n) is 6.48. The minimum Gasteiger partial charge on any atom is -0.493 e. The van der Waals surface area contributed by atoms with E-state index in [2.05, 4.69) is 30.6 Å². The highest BCUT2D eigenvalue weighted by Gasteiger charge is 2.24. The van der Waals surface area contributed by atoms with E-state index in [0.717, 1.165) is 0 Å². The molecule has 0 bridgehead atoms. The number of H-pyrrole nitrogens is 1. The average Bonchev–Trinajstić information content (AvgIpc) is 3.37. The van der Waals surface area contributed by atoms with Gasteiger partial charge in [0.25, 0.3) is 5.91 Å². The van der Waals surface area contributed by atoms with E-state index in [9.17, 15) is 4.79 Å². The summed E-state index contributed by atoms with van der Waals surface area (Å²) in [6.45, 7) is 3.91. The summed E-state index contributed by atoms with van der Waals surface area (Å²) in [5.41, 5.74) is 0. The number of methoxy groups -OCH3 is 1. The van der Waals surface area contributed by atoms with Crippen LogP contribution < -0.4 is 14.8 Å². The predicted molar refractivity (Wildman–Crippen MR) is 98.5 cm³/mol. The summed E-state index contributed by atoms with van der Waals surface area (Å²) in [6, 6.07) is 6.68. The Morgan fingerprint density at radius 2 is 2.07 bits per heavy atom. The molecule has 3 aromatic rings. The standard InChI is InChI=1S/C18H22N6O4/c1-11(2)8-12(18-22-17(24-28-18)16-19-10-20-23-16)21-15(25)9-27-14-7-5-4-6-13(14)26-3/h4-7,10-12H,8-9H2,1-3H3,(H,21,25)(H,19,20,23)/t12-/m0/s1. The molecule has 10 heteroatoms. The van der Waals surface area contributed by atoms with Gasteiger partial charge in [0.1, 0.15) is 12.4 Å². The first kappa shape index (κ1) is 19.3. The molecule has 0 aliphatic rings. The Morgan fingerprint density at radius 1 is 1.29 bits per heavy atom. The van der Waals surface area contributed by atoms with Crippen molar-refractivity contribution in [2.24, 2.45) is 5.92 Å². The second-order valence-corrected chi connectivity index (χ2v) is 6.48. The van der Waals surface area contributed by atoms with E-state index in [0.29, 0.717) is 35.6 Å². The summed E-state index contributed by atoms with van der Waals surface area (Å²) >= 11 is 0. The number of carbonyl (C=O) groups is 1. The van der Waals surface area contributed by atoms with Gasteiger partial charge < -0.3 is 19.3 Å². The zero-order chi connectivity index (χ0) is 19.9. The summed E-state index contributed by atoms with van der Waals surface area (Å²) in [7, 11) is 1.54. The SMILES string of the molecule is COc1ccccc1OCC(=O)N[C@@H](CC(C)C)c1nc(-c2ncn[nH]2)no1. The van der Waals surface area contributed by atoms with Crippen molar-refractivity contribution in [2.75, 3.05) is 13.7 Å². The highest BCUT2D eigenvalue weighted by Crippen LogP contribution is 2.26. The van der Waals surface area contributed by atoms with Gasteiger partial charge in [-0.3, -0.25) is 9.89 Å². The first-order valence-corrected chi connectivity index (χ1v) is 8.81. The molecule has 1 atom stereocenters. The van der Waals surface area contributed by atoms with E-state index >= 15 is 0 Å². The molecule has 0 fully saturated rings. The number of amides is 1. The summed E-state index contributed by atoms with van der Waals surface area (Å²) in [4.78, 5) is 20.7. The number of aromatic amines is 1. The van der Waals surface area contributed by atoms with Gasteiger partial charge in [-0.25, -0.2) is 4.98 Å². The van der Waals surface area contributed by atoms with Crippen LogP contribution in [0.3, 0.4) is 0 Å². The number of hydrogen-bond donors (Lipinski definition) is 2. The fourth-order valence-electron chi connectivity index (χ4n) is 2.60. The number of aromatic nitrogens is 5. The van der Waals surface area contributed by atoms with Crippen LogP contribution in [0.5, 0.6) is 11.5 Å². The highest BCUT2D eigenvalue weighted by atomic mass is 16.5. The minimum atomic E-state index is -0.446. The Hall–Kier alpha value is -3.43. The molecular weight excluding hydrogens is 364 g/mol. The summed E-state index contributed by atoms with van der Waals surface area (Å²) in [6.07, 6.45) is 1.98. The van der Waals surface area contributed by atoms with Crippen LogP contribution in [0.1, 0.15) is 32.2 Å². The number of carbonyl (C=O) groups excluding carboxylic acids is 1. The first-order chi connectivity index (χ1) is 13.6. The maximum absolute atomic E-state index is 12.4. The number of rotatable bonds is 9. The summed E-state index contributed by atoms with van der Waals surface area (Å²) in [5.74, 6) is 2.00. The van der Waals surface area contributed by atoms with Gasteiger partial charge in [0.05, 0.1) is 7.11 Å². The van der Waals surface area contributed by atoms with Crippen LogP contribution in [0.4, 0.5) is 0 Å². The maximum Gasteiger partial charge on any atom is 0.258 e. The van der Waals surface area contributed by atoms with Gasteiger partial charge in [-0.1, -0.05) is 31.1 Å². The Morgan fingerprint density at radius 3 is 2.75 bits per heavy atom. The number of nitrogens with zero attached hydrogens (tertiary/aromatic N) is 4. The lowest BCUT2D eigenvalue weighted by atomic mass is 10.0. The Labute approximate surface area is 161 Å². The molecule has 28 heavy (non-hydrogen) atoms. The normalized spacial score (nSPS) is 12.0. The monoisotopic (exact) mass is 386 g/mol. The quantitative estimate of drug-likeness (QED) is 0.572. The number of ether oxygens (including phenoxy) is 2. The second kappa shape index (κ2) is 8.98. The highest BCUT2D eigenvalue weighted by molar-refractivity contribution is 5.78. The molecule has 3 rings (SSSR count). The molecule has 2 heterocycles. The van der Waals surface area contributed by atoms with Crippen LogP contribution in [0, 0.1) is 5.92 Å². The van der Waals surface area contributed by atoms with Crippen molar-refractivity contribution in [1.82, 2.24) is 30.6 Å². The Kier molecular flexibility index (Phi) is 6.20. The zero-order valence-corrected chi connectivity index (χ0v) is 15.9. The molecule has 10 nitrogen and oxygen atoms in total. The molecule has 0 saturated carbocycles. The van der Waals surface area contributed by atoms with Gasteiger partial charge in [0, 0.05) is 0 Å². The topological polar surface area (TPSA) is 128 Å². The van der Waals surface area contributed by atoms with Gasteiger partial charge in [-0.15, -0.1) is 0 Å². The van der Waals surface area contributed by atoms with Crippen LogP contribution in [-0.4, -0.2) is 44.9 Å². The van der Waals surface area contributed by atoms with Crippen molar-refractivity contribution in [3.05, 3.63) is 36.5 Å². The minimum absolute atomic E-state index is 0.169. The molecule has 1 aromatic carbocycles. The molecule has 0 spiro atoms. The lowest BCUT2D eigenvalue weighted by Gasteiger charge is -2.17. The number of nitrogens with one attached hydrogen (secondary N) is 2. The van der Waals surface area contributed by atoms with Gasteiger partial charge >= 0.3 is 0 Å². The largest absolute Gasteiger partial charge is 0.493 e. The number of benzene rings is 1. The molecule has 0 radical (unpaired) electrons. The third kappa shape index (κ3) is 4.84. The van der Waals surface area contributed by atoms with E-state index in [1.807, 2.05) is 19.9 Å². The lowest BCUT2D eigenvalue weighted by Crippen LogP contribution is -2.33. The first-order valence-electron chi connectivity index (χ1n) is 8.81.